The minimum Gasteiger partial charge on any atom is -0.295 e. The molecule has 2 nitrogen and oxygen atoms in total. The zero-order valence-electron chi connectivity index (χ0n) is 15.2. The fourth-order valence-corrected chi connectivity index (χ4v) is 3.00. The number of ketones is 2. The molecule has 3 aromatic carbocycles. The van der Waals surface area contributed by atoms with Crippen LogP contribution in [0.2, 0.25) is 0 Å². The summed E-state index contributed by atoms with van der Waals surface area (Å²) in [5, 5.41) is 0. The Hall–Kier alpha value is -3.00. The van der Waals surface area contributed by atoms with Crippen LogP contribution in [0.1, 0.15) is 56.8 Å². The number of rotatable bonds is 6. The van der Waals surface area contributed by atoms with E-state index in [1.807, 2.05) is 42.5 Å². The van der Waals surface area contributed by atoms with Gasteiger partial charge >= 0.3 is 0 Å². The maximum atomic E-state index is 11.5. The fourth-order valence-electron chi connectivity index (χ4n) is 3.00. The van der Waals surface area contributed by atoms with Crippen LogP contribution in [0.25, 0.3) is 0 Å². The summed E-state index contributed by atoms with van der Waals surface area (Å²) < 4.78 is 0. The van der Waals surface area contributed by atoms with E-state index in [9.17, 15) is 9.59 Å². The maximum absolute atomic E-state index is 11.5. The Morgan fingerprint density at radius 3 is 1.54 bits per heavy atom. The van der Waals surface area contributed by atoms with E-state index in [0.717, 1.165) is 29.5 Å². The molecular formula is C24H22O2. The van der Waals surface area contributed by atoms with Gasteiger partial charge in [0.05, 0.1) is 0 Å². The van der Waals surface area contributed by atoms with E-state index in [2.05, 4.69) is 30.3 Å². The molecule has 26 heavy (non-hydrogen) atoms. The molecule has 0 fully saturated rings. The molecule has 0 atom stereocenters. The lowest BCUT2D eigenvalue weighted by atomic mass is 9.98. The summed E-state index contributed by atoms with van der Waals surface area (Å²) in [6.07, 6.45) is 1.66. The van der Waals surface area contributed by atoms with Crippen molar-refractivity contribution >= 4 is 11.6 Å². The molecule has 0 aromatic heterocycles. The van der Waals surface area contributed by atoms with Crippen LogP contribution < -0.4 is 0 Å². The van der Waals surface area contributed by atoms with Crippen molar-refractivity contribution < 1.29 is 9.59 Å². The van der Waals surface area contributed by atoms with Gasteiger partial charge in [-0.05, 0) is 55.0 Å². The number of carbonyl (C=O) groups is 2. The number of benzene rings is 3. The Labute approximate surface area is 154 Å². The van der Waals surface area contributed by atoms with Gasteiger partial charge in [-0.3, -0.25) is 9.59 Å². The van der Waals surface area contributed by atoms with Crippen LogP contribution in [0.15, 0.2) is 72.8 Å². The Bertz CT molecular complexity index is 919. The highest BCUT2D eigenvalue weighted by atomic mass is 16.1. The molecular weight excluding hydrogens is 320 g/mol. The fraction of sp³-hybridized carbons (Fsp3) is 0.167. The van der Waals surface area contributed by atoms with Crippen LogP contribution >= 0.6 is 0 Å². The summed E-state index contributed by atoms with van der Waals surface area (Å²) in [6, 6.07) is 24.2. The van der Waals surface area contributed by atoms with Crippen LogP contribution in [0.5, 0.6) is 0 Å². The van der Waals surface area contributed by atoms with Gasteiger partial charge in [0, 0.05) is 11.1 Å². The molecule has 0 aliphatic carbocycles. The second-order valence-corrected chi connectivity index (χ2v) is 6.68. The minimum absolute atomic E-state index is 0.0924. The summed E-state index contributed by atoms with van der Waals surface area (Å²) in [6.45, 7) is 3.18. The molecule has 0 aliphatic heterocycles. The van der Waals surface area contributed by atoms with Gasteiger partial charge in [-0.1, -0.05) is 66.7 Å². The lowest BCUT2D eigenvalue weighted by Gasteiger charge is -2.07. The van der Waals surface area contributed by atoms with Gasteiger partial charge in [-0.2, -0.15) is 0 Å². The van der Waals surface area contributed by atoms with E-state index in [0.29, 0.717) is 0 Å². The first-order valence-electron chi connectivity index (χ1n) is 8.79. The van der Waals surface area contributed by atoms with Gasteiger partial charge in [-0.15, -0.1) is 0 Å². The highest BCUT2D eigenvalue weighted by Gasteiger charge is 2.03. The highest BCUT2D eigenvalue weighted by Crippen LogP contribution is 2.16. The third-order valence-electron chi connectivity index (χ3n) is 4.53. The Balaban J connectivity index is 1.67. The van der Waals surface area contributed by atoms with E-state index < -0.39 is 0 Å². The van der Waals surface area contributed by atoms with Crippen molar-refractivity contribution in [1.82, 2.24) is 0 Å². The smallest absolute Gasteiger partial charge is 0.159 e. The predicted octanol–water partition coefficient (Wildman–Crippen LogP) is 5.27. The Morgan fingerprint density at radius 1 is 0.577 bits per heavy atom. The minimum atomic E-state index is 0.0924. The summed E-state index contributed by atoms with van der Waals surface area (Å²) in [5.41, 5.74) is 6.30. The van der Waals surface area contributed by atoms with E-state index in [1.165, 1.54) is 16.7 Å². The molecule has 0 saturated heterocycles. The molecule has 3 rings (SSSR count). The number of carbonyl (C=O) groups excluding carboxylic acids is 2. The third-order valence-corrected chi connectivity index (χ3v) is 4.53. The molecule has 0 radical (unpaired) electrons. The molecule has 0 saturated carbocycles. The van der Waals surface area contributed by atoms with Gasteiger partial charge < -0.3 is 0 Å². The molecule has 0 heterocycles. The van der Waals surface area contributed by atoms with Gasteiger partial charge in [0.25, 0.3) is 0 Å². The molecule has 0 aliphatic rings. The van der Waals surface area contributed by atoms with Crippen LogP contribution in [-0.4, -0.2) is 11.6 Å². The van der Waals surface area contributed by atoms with Gasteiger partial charge in [0.2, 0.25) is 0 Å². The van der Waals surface area contributed by atoms with Crippen molar-refractivity contribution in [2.45, 2.75) is 26.7 Å². The first-order chi connectivity index (χ1) is 12.5. The average molecular weight is 342 g/mol. The number of Topliss-reactive ketones (excluding diaryl/α,β-unsaturated/α-hetero) is 2. The van der Waals surface area contributed by atoms with Crippen LogP contribution in [-0.2, 0) is 12.8 Å². The molecule has 3 aromatic rings. The lowest BCUT2D eigenvalue weighted by Crippen LogP contribution is -1.96. The molecule has 0 bridgehead atoms. The quantitative estimate of drug-likeness (QED) is 0.572. The molecule has 130 valence electrons. The molecule has 0 unspecified atom stereocenters. The second-order valence-electron chi connectivity index (χ2n) is 6.68. The SMILES string of the molecule is CC(=O)c1ccc(Cc2ccc(Cc3cccc(C(C)=O)c3)cc2)cc1. The van der Waals surface area contributed by atoms with Crippen LogP contribution in [0.3, 0.4) is 0 Å². The Morgan fingerprint density at radius 2 is 1.04 bits per heavy atom. The summed E-state index contributed by atoms with van der Waals surface area (Å²) in [4.78, 5) is 22.8. The van der Waals surface area contributed by atoms with Crippen molar-refractivity contribution in [2.75, 3.05) is 0 Å². The van der Waals surface area contributed by atoms with Crippen LogP contribution in [0.4, 0.5) is 0 Å². The van der Waals surface area contributed by atoms with E-state index in [4.69, 9.17) is 0 Å². The molecule has 0 N–H and O–H groups in total. The maximum Gasteiger partial charge on any atom is 0.159 e. The van der Waals surface area contributed by atoms with Crippen molar-refractivity contribution in [3.8, 4) is 0 Å². The monoisotopic (exact) mass is 342 g/mol. The second kappa shape index (κ2) is 7.92. The van der Waals surface area contributed by atoms with Gasteiger partial charge in [0.15, 0.2) is 11.6 Å². The van der Waals surface area contributed by atoms with Gasteiger partial charge in [-0.25, -0.2) is 0 Å². The third kappa shape index (κ3) is 4.54. The molecule has 0 spiro atoms. The van der Waals surface area contributed by atoms with Gasteiger partial charge in [0.1, 0.15) is 0 Å². The van der Waals surface area contributed by atoms with E-state index in [-0.39, 0.29) is 11.6 Å². The van der Waals surface area contributed by atoms with Crippen molar-refractivity contribution in [2.24, 2.45) is 0 Å². The summed E-state index contributed by atoms with van der Waals surface area (Å²) in [5.74, 6) is 0.188. The first kappa shape index (κ1) is 17.8. The average Bonchev–Trinajstić information content (AvgIpc) is 2.64. The zero-order chi connectivity index (χ0) is 18.5. The summed E-state index contributed by atoms with van der Waals surface area (Å²) in [7, 11) is 0. The van der Waals surface area contributed by atoms with Crippen molar-refractivity contribution in [3.05, 3.63) is 106 Å². The lowest BCUT2D eigenvalue weighted by molar-refractivity contribution is 0.100. The summed E-state index contributed by atoms with van der Waals surface area (Å²) >= 11 is 0. The molecule has 2 heteroatoms. The van der Waals surface area contributed by atoms with Crippen LogP contribution in [0, 0.1) is 0 Å². The first-order valence-corrected chi connectivity index (χ1v) is 8.79. The van der Waals surface area contributed by atoms with E-state index >= 15 is 0 Å². The predicted molar refractivity (Wildman–Crippen MR) is 105 cm³/mol. The normalized spacial score (nSPS) is 10.5. The molecule has 0 amide bonds. The van der Waals surface area contributed by atoms with E-state index in [1.54, 1.807) is 13.8 Å². The topological polar surface area (TPSA) is 34.1 Å². The number of hydrogen-bond donors (Lipinski definition) is 0. The highest BCUT2D eigenvalue weighted by molar-refractivity contribution is 5.94. The largest absolute Gasteiger partial charge is 0.295 e. The standard InChI is InChI=1S/C24H22O2/c1-17(25)23-12-10-21(11-13-23)14-19-6-8-20(9-7-19)15-22-4-3-5-24(16-22)18(2)26/h3-13,16H,14-15H2,1-2H3. The Kier molecular flexibility index (Phi) is 5.43. The zero-order valence-corrected chi connectivity index (χ0v) is 15.2. The van der Waals surface area contributed by atoms with Crippen molar-refractivity contribution in [1.29, 1.82) is 0 Å². The van der Waals surface area contributed by atoms with Crippen molar-refractivity contribution in [3.63, 3.8) is 0 Å². The number of hydrogen-bond acceptors (Lipinski definition) is 2.